The molecule has 1 amide bonds. The molecule has 1 aliphatic heterocycles. The van der Waals surface area contributed by atoms with E-state index in [1.54, 1.807) is 29.6 Å². The highest BCUT2D eigenvalue weighted by Crippen LogP contribution is 2.25. The Labute approximate surface area is 186 Å². The van der Waals surface area contributed by atoms with Crippen LogP contribution in [-0.4, -0.2) is 55.1 Å². The molecule has 9 nitrogen and oxygen atoms in total. The van der Waals surface area contributed by atoms with E-state index in [1.165, 1.54) is 12.1 Å². The molecule has 0 unspecified atom stereocenters. The van der Waals surface area contributed by atoms with E-state index in [1.807, 2.05) is 37.3 Å². The minimum Gasteiger partial charge on any atom is -0.489 e. The van der Waals surface area contributed by atoms with Crippen molar-refractivity contribution in [2.75, 3.05) is 20.1 Å². The van der Waals surface area contributed by atoms with E-state index in [-0.39, 0.29) is 18.0 Å². The maximum Gasteiger partial charge on any atom is 0.267 e. The Hall–Kier alpha value is -3.05. The number of nitrogens with one attached hydrogen (secondary N) is 2. The van der Waals surface area contributed by atoms with E-state index < -0.39 is 21.5 Å². The van der Waals surface area contributed by atoms with Crippen molar-refractivity contribution in [1.82, 2.24) is 20.1 Å². The molecule has 3 N–H and O–H groups in total. The summed E-state index contributed by atoms with van der Waals surface area (Å²) in [7, 11) is -2.24. The molecule has 3 aromatic rings. The first-order chi connectivity index (χ1) is 15.2. The van der Waals surface area contributed by atoms with Gasteiger partial charge in [-0.05, 0) is 50.4 Å². The predicted octanol–water partition coefficient (Wildman–Crippen LogP) is 1.59. The average Bonchev–Trinajstić information content (AvgIpc) is 2.75. The lowest BCUT2D eigenvalue weighted by atomic mass is 9.91. The molecular weight excluding hydrogens is 432 g/mol. The number of sulfonamides is 1. The van der Waals surface area contributed by atoms with Crippen LogP contribution in [0.3, 0.4) is 0 Å². The Morgan fingerprint density at radius 1 is 1.19 bits per heavy atom. The number of benzene rings is 2. The average molecular weight is 457 g/mol. The van der Waals surface area contributed by atoms with Gasteiger partial charge >= 0.3 is 0 Å². The predicted molar refractivity (Wildman–Crippen MR) is 118 cm³/mol. The fourth-order valence-electron chi connectivity index (χ4n) is 3.94. The zero-order chi connectivity index (χ0) is 22.9. The summed E-state index contributed by atoms with van der Waals surface area (Å²) in [5.41, 5.74) is 2.90. The van der Waals surface area contributed by atoms with E-state index >= 15 is 0 Å². The summed E-state index contributed by atoms with van der Waals surface area (Å²) in [6.07, 6.45) is 0. The summed E-state index contributed by atoms with van der Waals surface area (Å²) < 4.78 is 33.9. The number of pyridine rings is 1. The lowest BCUT2D eigenvalue weighted by Crippen LogP contribution is -2.75. The van der Waals surface area contributed by atoms with Crippen LogP contribution in [0.5, 0.6) is 5.75 Å². The molecule has 4 rings (SSSR count). The largest absolute Gasteiger partial charge is 0.489 e. The van der Waals surface area contributed by atoms with E-state index in [0.717, 1.165) is 22.2 Å². The number of hydrogen-bond acceptors (Lipinski definition) is 7. The van der Waals surface area contributed by atoms with Gasteiger partial charge in [0.1, 0.15) is 17.9 Å². The fraction of sp³-hybridized carbons (Fsp3) is 0.273. The number of carbonyl (C=O) groups excluding carboxylic acids is 1. The number of para-hydroxylation sites is 1. The number of carbonyl (C=O) groups is 1. The highest BCUT2D eigenvalue weighted by atomic mass is 32.2. The van der Waals surface area contributed by atoms with Gasteiger partial charge in [0.2, 0.25) is 10.0 Å². The quantitative estimate of drug-likeness (QED) is 0.365. The smallest absolute Gasteiger partial charge is 0.267 e. The van der Waals surface area contributed by atoms with Crippen LogP contribution < -0.4 is 14.9 Å². The van der Waals surface area contributed by atoms with Crippen molar-refractivity contribution in [3.05, 3.63) is 65.9 Å². The second-order valence-corrected chi connectivity index (χ2v) is 9.68. The van der Waals surface area contributed by atoms with Gasteiger partial charge in [-0.3, -0.25) is 15.0 Å². The number of hydrogen-bond donors (Lipinski definition) is 3. The molecular formula is C22H24N4O5S. The Bertz CT molecular complexity index is 1260. The van der Waals surface area contributed by atoms with Crippen LogP contribution in [0.4, 0.5) is 0 Å². The van der Waals surface area contributed by atoms with E-state index in [2.05, 4.69) is 9.71 Å². The summed E-state index contributed by atoms with van der Waals surface area (Å²) in [5.74, 6) is -0.285. The molecule has 0 aliphatic carbocycles. The molecule has 1 saturated heterocycles. The number of nitrogens with zero attached hydrogens (tertiary/aromatic N) is 2. The molecule has 0 saturated carbocycles. The Morgan fingerprint density at radius 3 is 2.53 bits per heavy atom. The van der Waals surface area contributed by atoms with Crippen LogP contribution in [0.2, 0.25) is 0 Å². The molecule has 2 heterocycles. The molecule has 10 heteroatoms. The monoisotopic (exact) mass is 456 g/mol. The van der Waals surface area contributed by atoms with Crippen molar-refractivity contribution in [1.29, 1.82) is 0 Å². The highest BCUT2D eigenvalue weighted by Gasteiger charge is 2.50. The zero-order valence-corrected chi connectivity index (χ0v) is 18.5. The summed E-state index contributed by atoms with van der Waals surface area (Å²) in [6, 6.07) is 15.7. The van der Waals surface area contributed by atoms with Gasteiger partial charge in [0.15, 0.2) is 0 Å². The Balaban J connectivity index is 1.48. The van der Waals surface area contributed by atoms with Gasteiger partial charge in [0.25, 0.3) is 5.91 Å². The number of aromatic nitrogens is 1. The SMILES string of the molecule is Cc1cc(COc2ccc(S(=O)(=O)NC3(C(=O)NO)CN(C)C3)cc2)c2ccccc2n1. The minimum atomic E-state index is -3.99. The van der Waals surface area contributed by atoms with Crippen LogP contribution in [0, 0.1) is 6.92 Å². The Morgan fingerprint density at radius 2 is 1.88 bits per heavy atom. The topological polar surface area (TPSA) is 121 Å². The molecule has 1 fully saturated rings. The summed E-state index contributed by atoms with van der Waals surface area (Å²) >= 11 is 0. The van der Waals surface area contributed by atoms with Crippen molar-refractivity contribution in [2.24, 2.45) is 0 Å². The van der Waals surface area contributed by atoms with Crippen molar-refractivity contribution in [3.8, 4) is 5.75 Å². The number of hydroxylamine groups is 1. The molecule has 1 aliphatic rings. The Kier molecular flexibility index (Phi) is 5.87. The first kappa shape index (κ1) is 22.2. The first-order valence-electron chi connectivity index (χ1n) is 9.98. The zero-order valence-electron chi connectivity index (χ0n) is 17.7. The van der Waals surface area contributed by atoms with E-state index in [4.69, 9.17) is 9.94 Å². The fourth-order valence-corrected chi connectivity index (χ4v) is 5.29. The minimum absolute atomic E-state index is 0.00489. The number of rotatable bonds is 7. The van der Waals surface area contributed by atoms with Crippen molar-refractivity contribution < 1.29 is 23.2 Å². The number of amides is 1. The summed E-state index contributed by atoms with van der Waals surface area (Å²) in [6.45, 7) is 2.53. The van der Waals surface area contributed by atoms with Crippen LogP contribution in [-0.2, 0) is 21.4 Å². The molecule has 0 spiro atoms. The van der Waals surface area contributed by atoms with Crippen LogP contribution in [0.25, 0.3) is 10.9 Å². The molecule has 0 atom stereocenters. The first-order valence-corrected chi connectivity index (χ1v) is 11.5. The molecule has 32 heavy (non-hydrogen) atoms. The summed E-state index contributed by atoms with van der Waals surface area (Å²) in [4.78, 5) is 18.3. The third kappa shape index (κ3) is 4.30. The normalized spacial score (nSPS) is 15.8. The maximum absolute atomic E-state index is 12.8. The third-order valence-electron chi connectivity index (χ3n) is 5.40. The van der Waals surface area contributed by atoms with Crippen molar-refractivity contribution in [3.63, 3.8) is 0 Å². The molecule has 0 bridgehead atoms. The van der Waals surface area contributed by atoms with Gasteiger partial charge in [0.05, 0.1) is 10.4 Å². The van der Waals surface area contributed by atoms with Gasteiger partial charge < -0.3 is 9.64 Å². The number of fused-ring (bicyclic) bond motifs is 1. The van der Waals surface area contributed by atoms with Crippen LogP contribution in [0.1, 0.15) is 11.3 Å². The van der Waals surface area contributed by atoms with E-state index in [9.17, 15) is 13.2 Å². The lowest BCUT2D eigenvalue weighted by Gasteiger charge is -2.46. The van der Waals surface area contributed by atoms with Gasteiger partial charge in [-0.1, -0.05) is 18.2 Å². The highest BCUT2D eigenvalue weighted by molar-refractivity contribution is 7.89. The standard InChI is InChI=1S/C22H24N4O5S/c1-15-11-16(19-5-3-4-6-20(19)23-15)12-31-17-7-9-18(10-8-17)32(29,30)25-22(21(27)24-28)13-26(2)14-22/h3-11,25,28H,12-14H2,1-2H3,(H,24,27). The molecule has 0 radical (unpaired) electrons. The van der Waals surface area contributed by atoms with E-state index in [0.29, 0.717) is 12.4 Å². The van der Waals surface area contributed by atoms with Gasteiger partial charge in [0, 0.05) is 29.7 Å². The van der Waals surface area contributed by atoms with Gasteiger partial charge in [-0.25, -0.2) is 13.9 Å². The summed E-state index contributed by atoms with van der Waals surface area (Å²) in [5, 5.41) is 9.99. The van der Waals surface area contributed by atoms with Crippen LogP contribution in [0.15, 0.2) is 59.5 Å². The molecule has 168 valence electrons. The second kappa shape index (κ2) is 8.47. The van der Waals surface area contributed by atoms with Crippen molar-refractivity contribution in [2.45, 2.75) is 24.0 Å². The van der Waals surface area contributed by atoms with Gasteiger partial charge in [-0.15, -0.1) is 0 Å². The van der Waals surface area contributed by atoms with Gasteiger partial charge in [-0.2, -0.15) is 4.72 Å². The molecule has 1 aromatic heterocycles. The number of likely N-dealkylation sites (tertiary alicyclic amines) is 1. The number of aryl methyl sites for hydroxylation is 1. The third-order valence-corrected chi connectivity index (χ3v) is 6.96. The maximum atomic E-state index is 12.8. The lowest BCUT2D eigenvalue weighted by molar-refractivity contribution is -0.141. The second-order valence-electron chi connectivity index (χ2n) is 8.00. The number of likely N-dealkylation sites (N-methyl/N-ethyl adjacent to an activating group) is 1. The molecule has 2 aromatic carbocycles. The van der Waals surface area contributed by atoms with Crippen molar-refractivity contribution >= 4 is 26.8 Å². The number of ether oxygens (including phenoxy) is 1. The van der Waals surface area contributed by atoms with Crippen LogP contribution >= 0.6 is 0 Å².